The molecule has 1 aromatic carbocycles. The van der Waals surface area contributed by atoms with Crippen molar-refractivity contribution in [1.82, 2.24) is 4.90 Å². The lowest BCUT2D eigenvalue weighted by Gasteiger charge is -2.22. The van der Waals surface area contributed by atoms with E-state index in [0.717, 1.165) is 5.56 Å². The Labute approximate surface area is 123 Å². The zero-order valence-corrected chi connectivity index (χ0v) is 11.7. The third-order valence-corrected chi connectivity index (χ3v) is 3.78. The smallest absolute Gasteiger partial charge is 0.326 e. The number of carboxylic acids is 1. The van der Waals surface area contributed by atoms with E-state index < -0.39 is 18.1 Å². The molecule has 1 aromatic rings. The van der Waals surface area contributed by atoms with Crippen molar-refractivity contribution in [3.63, 3.8) is 0 Å². The molecule has 1 aliphatic heterocycles. The van der Waals surface area contributed by atoms with Crippen LogP contribution in [-0.2, 0) is 9.59 Å². The van der Waals surface area contributed by atoms with E-state index in [1.165, 1.54) is 4.90 Å². The van der Waals surface area contributed by atoms with Gasteiger partial charge < -0.3 is 20.8 Å². The summed E-state index contributed by atoms with van der Waals surface area (Å²) in [7, 11) is 0. The number of β-amino-alcohol motifs (C(OH)–C–C–N with tert-alkyl or cyclic N) is 1. The number of aliphatic carboxylic acids is 1. The lowest BCUT2D eigenvalue weighted by molar-refractivity contribution is -0.148. The maximum atomic E-state index is 12.1. The van der Waals surface area contributed by atoms with E-state index >= 15 is 0 Å². The third-order valence-electron chi connectivity index (χ3n) is 3.78. The van der Waals surface area contributed by atoms with Crippen molar-refractivity contribution in [3.05, 3.63) is 35.9 Å². The number of rotatable bonds is 5. The minimum atomic E-state index is -1.08. The van der Waals surface area contributed by atoms with Crippen LogP contribution in [0, 0.1) is 0 Å². The highest BCUT2D eigenvalue weighted by atomic mass is 16.4. The number of aliphatic hydroxyl groups excluding tert-OH is 1. The Hall–Kier alpha value is -1.92. The van der Waals surface area contributed by atoms with Crippen LogP contribution in [0.5, 0.6) is 0 Å². The Balaban J connectivity index is 1.91. The molecule has 6 heteroatoms. The summed E-state index contributed by atoms with van der Waals surface area (Å²) in [6.45, 7) is 0.0797. The molecule has 0 saturated carbocycles. The average Bonchev–Trinajstić information content (AvgIpc) is 2.87. The van der Waals surface area contributed by atoms with Gasteiger partial charge in [0.2, 0.25) is 5.91 Å². The number of hydrogen-bond donors (Lipinski definition) is 3. The van der Waals surface area contributed by atoms with Crippen molar-refractivity contribution < 1.29 is 19.8 Å². The number of hydrogen-bond acceptors (Lipinski definition) is 4. The van der Waals surface area contributed by atoms with Gasteiger partial charge in [0.15, 0.2) is 0 Å². The summed E-state index contributed by atoms with van der Waals surface area (Å²) in [6, 6.07) is 8.27. The maximum Gasteiger partial charge on any atom is 0.326 e. The van der Waals surface area contributed by atoms with Crippen LogP contribution in [0.4, 0.5) is 0 Å². The predicted molar refractivity (Wildman–Crippen MR) is 76.4 cm³/mol. The number of carbonyl (C=O) groups is 2. The summed E-state index contributed by atoms with van der Waals surface area (Å²) >= 11 is 0. The lowest BCUT2D eigenvalue weighted by Crippen LogP contribution is -2.40. The zero-order chi connectivity index (χ0) is 15.4. The van der Waals surface area contributed by atoms with Crippen LogP contribution in [0.3, 0.4) is 0 Å². The molecule has 1 heterocycles. The van der Waals surface area contributed by atoms with Crippen molar-refractivity contribution >= 4 is 11.9 Å². The summed E-state index contributed by atoms with van der Waals surface area (Å²) in [5.41, 5.74) is 6.97. The zero-order valence-electron chi connectivity index (χ0n) is 11.7. The fourth-order valence-electron chi connectivity index (χ4n) is 2.61. The number of nitrogens with two attached hydrogens (primary N) is 1. The summed E-state index contributed by atoms with van der Waals surface area (Å²) in [4.78, 5) is 24.5. The molecule has 0 spiro atoms. The van der Waals surface area contributed by atoms with Gasteiger partial charge in [0, 0.05) is 25.4 Å². The van der Waals surface area contributed by atoms with E-state index in [2.05, 4.69) is 0 Å². The van der Waals surface area contributed by atoms with Gasteiger partial charge in [0.25, 0.3) is 0 Å². The van der Waals surface area contributed by atoms with Gasteiger partial charge in [0.1, 0.15) is 6.04 Å². The standard InChI is InChI=1S/C15H20N2O4/c16-12(10-4-2-1-3-5-10)6-7-14(19)17-9-11(18)8-13(17)15(20)21/h1-5,11-13,18H,6-9,16H2,(H,20,21)/t11-,12?,13+/m1/s1. The molecule has 6 nitrogen and oxygen atoms in total. The van der Waals surface area contributed by atoms with Gasteiger partial charge in [-0.05, 0) is 12.0 Å². The molecule has 1 fully saturated rings. The summed E-state index contributed by atoms with van der Waals surface area (Å²) in [5, 5.41) is 18.6. The highest BCUT2D eigenvalue weighted by Gasteiger charge is 2.38. The second-order valence-electron chi connectivity index (χ2n) is 5.35. The van der Waals surface area contributed by atoms with Gasteiger partial charge >= 0.3 is 5.97 Å². The van der Waals surface area contributed by atoms with Crippen LogP contribution >= 0.6 is 0 Å². The van der Waals surface area contributed by atoms with Gasteiger partial charge in [-0.15, -0.1) is 0 Å². The molecule has 114 valence electrons. The first-order chi connectivity index (χ1) is 9.99. The molecule has 0 radical (unpaired) electrons. The van der Waals surface area contributed by atoms with E-state index in [9.17, 15) is 14.7 Å². The van der Waals surface area contributed by atoms with E-state index in [-0.39, 0.29) is 31.3 Å². The van der Waals surface area contributed by atoms with Crippen LogP contribution in [-0.4, -0.2) is 45.7 Å². The maximum absolute atomic E-state index is 12.1. The Bertz CT molecular complexity index is 506. The fraction of sp³-hybridized carbons (Fsp3) is 0.467. The van der Waals surface area contributed by atoms with Crippen molar-refractivity contribution in [1.29, 1.82) is 0 Å². The number of carboxylic acid groups (broad SMARTS) is 1. The first kappa shape index (κ1) is 15.5. The van der Waals surface area contributed by atoms with Crippen LogP contribution in [0.1, 0.15) is 30.9 Å². The normalized spacial score (nSPS) is 23.0. The number of likely N-dealkylation sites (tertiary alicyclic amines) is 1. The Morgan fingerprint density at radius 2 is 2.00 bits per heavy atom. The number of nitrogens with zero attached hydrogens (tertiary/aromatic N) is 1. The molecular formula is C15H20N2O4. The Kier molecular flexibility index (Phi) is 4.93. The van der Waals surface area contributed by atoms with Crippen LogP contribution in [0.25, 0.3) is 0 Å². The van der Waals surface area contributed by atoms with Crippen LogP contribution in [0.15, 0.2) is 30.3 Å². The molecule has 1 amide bonds. The van der Waals surface area contributed by atoms with E-state index in [1.54, 1.807) is 0 Å². The highest BCUT2D eigenvalue weighted by Crippen LogP contribution is 2.21. The van der Waals surface area contributed by atoms with E-state index in [1.807, 2.05) is 30.3 Å². The molecule has 1 unspecified atom stereocenters. The van der Waals surface area contributed by atoms with Gasteiger partial charge in [-0.2, -0.15) is 0 Å². The molecule has 2 rings (SSSR count). The highest BCUT2D eigenvalue weighted by molar-refractivity contribution is 5.84. The molecular weight excluding hydrogens is 272 g/mol. The Morgan fingerprint density at radius 1 is 1.33 bits per heavy atom. The minimum Gasteiger partial charge on any atom is -0.480 e. The molecule has 1 aliphatic rings. The van der Waals surface area contributed by atoms with Crippen LogP contribution in [0.2, 0.25) is 0 Å². The van der Waals surface area contributed by atoms with Crippen molar-refractivity contribution in [3.8, 4) is 0 Å². The largest absolute Gasteiger partial charge is 0.480 e. The van der Waals surface area contributed by atoms with Gasteiger partial charge in [-0.1, -0.05) is 30.3 Å². The van der Waals surface area contributed by atoms with Gasteiger partial charge in [-0.25, -0.2) is 4.79 Å². The van der Waals surface area contributed by atoms with Crippen molar-refractivity contribution in [2.24, 2.45) is 5.73 Å². The molecule has 3 atom stereocenters. The molecule has 0 aromatic heterocycles. The molecule has 0 aliphatic carbocycles. The van der Waals surface area contributed by atoms with Gasteiger partial charge in [0.05, 0.1) is 6.10 Å². The predicted octanol–water partition coefficient (Wildman–Crippen LogP) is 0.513. The third kappa shape index (κ3) is 3.80. The SMILES string of the molecule is NC(CCC(=O)N1C[C@H](O)C[C@H]1C(=O)O)c1ccccc1. The first-order valence-corrected chi connectivity index (χ1v) is 7.00. The average molecular weight is 292 g/mol. The number of amides is 1. The second-order valence-corrected chi connectivity index (χ2v) is 5.35. The fourth-order valence-corrected chi connectivity index (χ4v) is 2.61. The number of benzene rings is 1. The quantitative estimate of drug-likeness (QED) is 0.733. The Morgan fingerprint density at radius 3 is 2.62 bits per heavy atom. The van der Waals surface area contributed by atoms with E-state index in [4.69, 9.17) is 10.8 Å². The summed E-state index contributed by atoms with van der Waals surface area (Å²) in [5.74, 6) is -1.35. The molecule has 21 heavy (non-hydrogen) atoms. The number of aliphatic hydroxyl groups is 1. The molecule has 4 N–H and O–H groups in total. The molecule has 1 saturated heterocycles. The van der Waals surface area contributed by atoms with Crippen molar-refractivity contribution in [2.45, 2.75) is 37.5 Å². The lowest BCUT2D eigenvalue weighted by atomic mass is 10.0. The first-order valence-electron chi connectivity index (χ1n) is 7.00. The summed E-state index contributed by atoms with van der Waals surface area (Å²) in [6.07, 6.45) is -0.0574. The van der Waals surface area contributed by atoms with Crippen LogP contribution < -0.4 is 5.73 Å². The topological polar surface area (TPSA) is 104 Å². The second kappa shape index (κ2) is 6.69. The van der Waals surface area contributed by atoms with Crippen molar-refractivity contribution in [2.75, 3.05) is 6.54 Å². The summed E-state index contributed by atoms with van der Waals surface area (Å²) < 4.78 is 0. The van der Waals surface area contributed by atoms with E-state index in [0.29, 0.717) is 6.42 Å². The molecule has 0 bridgehead atoms. The minimum absolute atomic E-state index is 0.0797. The number of carbonyl (C=O) groups excluding carboxylic acids is 1. The van der Waals surface area contributed by atoms with Gasteiger partial charge in [-0.3, -0.25) is 4.79 Å². The monoisotopic (exact) mass is 292 g/mol.